The standard InChI is InChI=1S/C19H11Cl2NO3S2/c20-14-5-1-4-13(17(14)21)15-7-6-11(25-15)9-16-18(23)22(19(26)27-16)10-12-3-2-8-24-12/h1-9H,10H2/b16-9-. The van der Waals surface area contributed by atoms with Gasteiger partial charge in [-0.25, -0.2) is 0 Å². The van der Waals surface area contributed by atoms with Crippen molar-refractivity contribution in [3.63, 3.8) is 0 Å². The van der Waals surface area contributed by atoms with Crippen molar-refractivity contribution in [2.45, 2.75) is 6.54 Å². The Balaban J connectivity index is 1.57. The van der Waals surface area contributed by atoms with E-state index in [4.69, 9.17) is 44.3 Å². The first kappa shape index (κ1) is 18.4. The molecule has 0 N–H and O–H groups in total. The molecule has 136 valence electrons. The number of carbonyl (C=O) groups excluding carboxylic acids is 1. The van der Waals surface area contributed by atoms with Crippen LogP contribution in [0.2, 0.25) is 10.0 Å². The molecule has 1 fully saturated rings. The minimum Gasteiger partial charge on any atom is -0.467 e. The largest absolute Gasteiger partial charge is 0.467 e. The van der Waals surface area contributed by atoms with Gasteiger partial charge in [0.25, 0.3) is 5.91 Å². The second-order valence-electron chi connectivity index (χ2n) is 5.65. The van der Waals surface area contributed by atoms with Crippen molar-refractivity contribution in [2.75, 3.05) is 0 Å². The number of carbonyl (C=O) groups is 1. The molecule has 0 saturated carbocycles. The van der Waals surface area contributed by atoms with Crippen LogP contribution < -0.4 is 0 Å². The molecule has 0 bridgehead atoms. The third-order valence-electron chi connectivity index (χ3n) is 3.88. The minimum atomic E-state index is -0.180. The van der Waals surface area contributed by atoms with Gasteiger partial charge in [-0.1, -0.05) is 53.2 Å². The normalized spacial score (nSPS) is 15.9. The molecule has 1 aliphatic heterocycles. The van der Waals surface area contributed by atoms with Gasteiger partial charge in [0.05, 0.1) is 27.8 Å². The summed E-state index contributed by atoms with van der Waals surface area (Å²) < 4.78 is 11.6. The molecule has 4 rings (SSSR count). The van der Waals surface area contributed by atoms with Gasteiger partial charge in [-0.2, -0.15) is 0 Å². The molecule has 0 radical (unpaired) electrons. The van der Waals surface area contributed by atoms with E-state index >= 15 is 0 Å². The van der Waals surface area contributed by atoms with Crippen molar-refractivity contribution in [1.82, 2.24) is 4.90 Å². The summed E-state index contributed by atoms with van der Waals surface area (Å²) in [5.41, 5.74) is 0.689. The molecule has 0 spiro atoms. The average molecular weight is 436 g/mol. The molecule has 3 heterocycles. The van der Waals surface area contributed by atoms with Crippen LogP contribution in [0.3, 0.4) is 0 Å². The van der Waals surface area contributed by atoms with Crippen LogP contribution in [0.15, 0.2) is 62.5 Å². The predicted molar refractivity (Wildman–Crippen MR) is 112 cm³/mol. The topological polar surface area (TPSA) is 46.6 Å². The predicted octanol–water partition coefficient (Wildman–Crippen LogP) is 6.25. The number of amides is 1. The van der Waals surface area contributed by atoms with E-state index in [1.807, 2.05) is 6.07 Å². The summed E-state index contributed by atoms with van der Waals surface area (Å²) in [7, 11) is 0. The number of thiocarbonyl (C=S) groups is 1. The summed E-state index contributed by atoms with van der Waals surface area (Å²) in [6.45, 7) is 0.302. The number of hydrogen-bond donors (Lipinski definition) is 0. The SMILES string of the molecule is O=C1/C(=C/c2ccc(-c3cccc(Cl)c3Cl)o2)SC(=S)N1Cc1ccco1. The Bertz CT molecular complexity index is 1060. The van der Waals surface area contributed by atoms with Crippen molar-refractivity contribution in [3.05, 3.63) is 75.2 Å². The number of nitrogens with zero attached hydrogens (tertiary/aromatic N) is 1. The van der Waals surface area contributed by atoms with E-state index < -0.39 is 0 Å². The van der Waals surface area contributed by atoms with Crippen LogP contribution >= 0.6 is 47.2 Å². The Morgan fingerprint density at radius 3 is 2.78 bits per heavy atom. The summed E-state index contributed by atoms with van der Waals surface area (Å²) in [4.78, 5) is 14.6. The second kappa shape index (κ2) is 7.56. The van der Waals surface area contributed by atoms with Crippen molar-refractivity contribution >= 4 is 63.5 Å². The lowest BCUT2D eigenvalue weighted by Gasteiger charge is -2.11. The fourth-order valence-corrected chi connectivity index (χ4v) is 4.22. The number of furan rings is 2. The number of thioether (sulfide) groups is 1. The van der Waals surface area contributed by atoms with E-state index in [-0.39, 0.29) is 5.91 Å². The first-order chi connectivity index (χ1) is 13.0. The molecule has 0 atom stereocenters. The van der Waals surface area contributed by atoms with E-state index in [2.05, 4.69) is 0 Å². The molecule has 3 aromatic rings. The van der Waals surface area contributed by atoms with E-state index in [1.165, 1.54) is 16.7 Å². The van der Waals surface area contributed by atoms with Gasteiger partial charge in [0.2, 0.25) is 0 Å². The highest BCUT2D eigenvalue weighted by atomic mass is 35.5. The molecule has 27 heavy (non-hydrogen) atoms. The number of benzene rings is 1. The highest BCUT2D eigenvalue weighted by molar-refractivity contribution is 8.26. The molecule has 1 amide bonds. The van der Waals surface area contributed by atoms with Crippen LogP contribution in [-0.4, -0.2) is 15.1 Å². The van der Waals surface area contributed by atoms with Crippen molar-refractivity contribution in [3.8, 4) is 11.3 Å². The third-order valence-corrected chi connectivity index (χ3v) is 6.08. The zero-order valence-corrected chi connectivity index (χ0v) is 16.8. The lowest BCUT2D eigenvalue weighted by atomic mass is 10.2. The van der Waals surface area contributed by atoms with Gasteiger partial charge in [-0.05, 0) is 36.4 Å². The van der Waals surface area contributed by atoms with Crippen LogP contribution in [0.4, 0.5) is 0 Å². The third kappa shape index (κ3) is 3.71. The smallest absolute Gasteiger partial charge is 0.266 e. The van der Waals surface area contributed by atoms with Gasteiger partial charge in [-0.15, -0.1) is 0 Å². The fraction of sp³-hybridized carbons (Fsp3) is 0.0526. The molecule has 8 heteroatoms. The Hall–Kier alpha value is -1.99. The summed E-state index contributed by atoms with van der Waals surface area (Å²) >= 11 is 18.8. The molecule has 0 unspecified atom stereocenters. The van der Waals surface area contributed by atoms with Crippen LogP contribution in [0.1, 0.15) is 11.5 Å². The monoisotopic (exact) mass is 435 g/mol. The Kier molecular flexibility index (Phi) is 5.14. The average Bonchev–Trinajstić information content (AvgIpc) is 3.37. The zero-order chi connectivity index (χ0) is 19.0. The van der Waals surface area contributed by atoms with Crippen molar-refractivity contribution < 1.29 is 13.6 Å². The van der Waals surface area contributed by atoms with Gasteiger partial charge in [0.1, 0.15) is 21.6 Å². The van der Waals surface area contributed by atoms with Gasteiger partial charge in [-0.3, -0.25) is 9.69 Å². The van der Waals surface area contributed by atoms with Crippen molar-refractivity contribution in [2.24, 2.45) is 0 Å². The highest BCUT2D eigenvalue weighted by Crippen LogP contribution is 2.37. The number of halogens is 2. The van der Waals surface area contributed by atoms with Gasteiger partial charge >= 0.3 is 0 Å². The Morgan fingerprint density at radius 1 is 1.15 bits per heavy atom. The lowest BCUT2D eigenvalue weighted by molar-refractivity contribution is -0.122. The summed E-state index contributed by atoms with van der Waals surface area (Å²) in [6, 6.07) is 12.5. The van der Waals surface area contributed by atoms with Crippen LogP contribution in [0, 0.1) is 0 Å². The maximum atomic E-state index is 12.6. The van der Waals surface area contributed by atoms with Crippen LogP contribution in [0.5, 0.6) is 0 Å². The zero-order valence-electron chi connectivity index (χ0n) is 13.6. The molecule has 2 aromatic heterocycles. The molecule has 4 nitrogen and oxygen atoms in total. The molecule has 1 aliphatic rings. The maximum Gasteiger partial charge on any atom is 0.266 e. The first-order valence-electron chi connectivity index (χ1n) is 7.85. The maximum absolute atomic E-state index is 12.6. The molecule has 0 aliphatic carbocycles. The summed E-state index contributed by atoms with van der Waals surface area (Å²) in [5, 5.41) is 0.871. The quantitative estimate of drug-likeness (QED) is 0.358. The number of hydrogen-bond acceptors (Lipinski definition) is 5. The number of rotatable bonds is 4. The van der Waals surface area contributed by atoms with Gasteiger partial charge in [0.15, 0.2) is 0 Å². The van der Waals surface area contributed by atoms with E-state index in [0.29, 0.717) is 48.7 Å². The molecule has 1 saturated heterocycles. The Labute approximate surface area is 174 Å². The van der Waals surface area contributed by atoms with Gasteiger partial charge < -0.3 is 8.83 Å². The molecule has 1 aromatic carbocycles. The minimum absolute atomic E-state index is 0.180. The Morgan fingerprint density at radius 2 is 2.00 bits per heavy atom. The van der Waals surface area contributed by atoms with E-state index in [1.54, 1.807) is 48.7 Å². The van der Waals surface area contributed by atoms with Crippen LogP contribution in [-0.2, 0) is 11.3 Å². The summed E-state index contributed by atoms with van der Waals surface area (Å²) in [6.07, 6.45) is 3.23. The van der Waals surface area contributed by atoms with Crippen molar-refractivity contribution in [1.29, 1.82) is 0 Å². The van der Waals surface area contributed by atoms with E-state index in [0.717, 1.165) is 0 Å². The van der Waals surface area contributed by atoms with Crippen LogP contribution in [0.25, 0.3) is 17.4 Å². The molecular weight excluding hydrogens is 425 g/mol. The molecular formula is C19H11Cl2NO3S2. The summed E-state index contributed by atoms with van der Waals surface area (Å²) in [5.74, 6) is 1.59. The van der Waals surface area contributed by atoms with Gasteiger partial charge in [0, 0.05) is 11.6 Å². The lowest BCUT2D eigenvalue weighted by Crippen LogP contribution is -2.27. The first-order valence-corrected chi connectivity index (χ1v) is 9.83. The second-order valence-corrected chi connectivity index (χ2v) is 8.11. The highest BCUT2D eigenvalue weighted by Gasteiger charge is 2.32. The van der Waals surface area contributed by atoms with E-state index in [9.17, 15) is 4.79 Å². The fourth-order valence-electron chi connectivity index (χ4n) is 2.59.